The van der Waals surface area contributed by atoms with Crippen LogP contribution in [0.15, 0.2) is 0 Å². The second-order valence-electron chi connectivity index (χ2n) is 4.45. The Labute approximate surface area is 112 Å². The Balaban J connectivity index is 2.28. The number of hydrogen-bond donors (Lipinski definition) is 1. The molecule has 0 radical (unpaired) electrons. The van der Waals surface area contributed by atoms with Crippen molar-refractivity contribution in [3.05, 3.63) is 0 Å². The second-order valence-corrected chi connectivity index (χ2v) is 4.45. The van der Waals surface area contributed by atoms with Crippen molar-refractivity contribution in [2.75, 3.05) is 52.3 Å². The van der Waals surface area contributed by atoms with Gasteiger partial charge in [-0.2, -0.15) is 9.97 Å². The molecule has 8 heteroatoms. The van der Waals surface area contributed by atoms with Crippen LogP contribution in [0.4, 0.5) is 5.95 Å². The molecule has 2 heterocycles. The van der Waals surface area contributed by atoms with Crippen molar-refractivity contribution < 1.29 is 9.47 Å². The fraction of sp³-hybridized carbons (Fsp3) is 0.727. The van der Waals surface area contributed by atoms with Crippen LogP contribution in [0.25, 0.3) is 0 Å². The largest absolute Gasteiger partial charge is 0.467 e. The van der Waals surface area contributed by atoms with Crippen LogP contribution >= 0.6 is 0 Å². The fourth-order valence-electron chi connectivity index (χ4n) is 2.11. The molecule has 1 saturated heterocycles. The van der Waals surface area contributed by atoms with Crippen molar-refractivity contribution in [3.63, 3.8) is 0 Å². The molecule has 19 heavy (non-hydrogen) atoms. The number of ether oxygens (including phenoxy) is 2. The molecule has 1 unspecified atom stereocenters. The van der Waals surface area contributed by atoms with Crippen LogP contribution < -0.4 is 20.1 Å². The number of methoxy groups -OCH3 is 2. The lowest BCUT2D eigenvalue weighted by molar-refractivity contribution is 0.265. The zero-order chi connectivity index (χ0) is 13.8. The van der Waals surface area contributed by atoms with Gasteiger partial charge in [0.15, 0.2) is 0 Å². The van der Waals surface area contributed by atoms with Gasteiger partial charge in [0.25, 0.3) is 0 Å². The summed E-state index contributed by atoms with van der Waals surface area (Å²) in [5.74, 6) is 0.548. The quantitative estimate of drug-likeness (QED) is 0.741. The van der Waals surface area contributed by atoms with E-state index < -0.39 is 0 Å². The molecular formula is C11H20N6O2. The lowest BCUT2D eigenvalue weighted by Gasteiger charge is -2.39. The number of rotatable bonds is 4. The van der Waals surface area contributed by atoms with Gasteiger partial charge in [0, 0.05) is 26.2 Å². The van der Waals surface area contributed by atoms with Crippen LogP contribution in [0.1, 0.15) is 0 Å². The third kappa shape index (κ3) is 3.02. The Morgan fingerprint density at radius 2 is 1.79 bits per heavy atom. The second kappa shape index (κ2) is 5.98. The van der Waals surface area contributed by atoms with Gasteiger partial charge < -0.3 is 25.0 Å². The molecule has 0 bridgehead atoms. The van der Waals surface area contributed by atoms with Crippen LogP contribution in [0.2, 0.25) is 0 Å². The Morgan fingerprint density at radius 3 is 2.32 bits per heavy atom. The number of nitrogens with two attached hydrogens (primary N) is 1. The van der Waals surface area contributed by atoms with E-state index in [1.54, 1.807) is 0 Å². The summed E-state index contributed by atoms with van der Waals surface area (Å²) in [6, 6.07) is 0.670. The number of piperazine rings is 1. The zero-order valence-corrected chi connectivity index (χ0v) is 11.5. The molecular weight excluding hydrogens is 248 g/mol. The minimum Gasteiger partial charge on any atom is -0.467 e. The number of anilines is 1. The van der Waals surface area contributed by atoms with Gasteiger partial charge in [-0.05, 0) is 7.05 Å². The summed E-state index contributed by atoms with van der Waals surface area (Å²) in [5, 5.41) is 0. The number of aromatic nitrogens is 3. The summed E-state index contributed by atoms with van der Waals surface area (Å²) >= 11 is 0. The maximum Gasteiger partial charge on any atom is 0.324 e. The van der Waals surface area contributed by atoms with Crippen LogP contribution in [0, 0.1) is 0 Å². The summed E-state index contributed by atoms with van der Waals surface area (Å²) in [5.41, 5.74) is 5.83. The van der Waals surface area contributed by atoms with Crippen molar-refractivity contribution in [2.45, 2.75) is 6.04 Å². The van der Waals surface area contributed by atoms with Crippen LogP contribution in [-0.2, 0) is 0 Å². The highest BCUT2D eigenvalue weighted by atomic mass is 16.5. The molecule has 0 saturated carbocycles. The van der Waals surface area contributed by atoms with E-state index in [2.05, 4.69) is 31.8 Å². The Bertz CT molecular complexity index is 407. The van der Waals surface area contributed by atoms with Gasteiger partial charge in [-0.15, -0.1) is 4.98 Å². The molecule has 8 nitrogen and oxygen atoms in total. The topological polar surface area (TPSA) is 89.6 Å². The van der Waals surface area contributed by atoms with E-state index >= 15 is 0 Å². The average molecular weight is 268 g/mol. The predicted octanol–water partition coefficient (Wildman–Crippen LogP) is -1.03. The summed E-state index contributed by atoms with van der Waals surface area (Å²) in [6.07, 6.45) is 0. The van der Waals surface area contributed by atoms with E-state index in [4.69, 9.17) is 15.2 Å². The van der Waals surface area contributed by atoms with Crippen LogP contribution in [0.5, 0.6) is 12.0 Å². The number of nitrogens with zero attached hydrogens (tertiary/aromatic N) is 5. The summed E-state index contributed by atoms with van der Waals surface area (Å²) in [6.45, 7) is 3.18. The highest BCUT2D eigenvalue weighted by molar-refractivity contribution is 5.35. The van der Waals surface area contributed by atoms with Crippen molar-refractivity contribution in [3.8, 4) is 12.0 Å². The van der Waals surface area contributed by atoms with Gasteiger partial charge in [-0.3, -0.25) is 0 Å². The van der Waals surface area contributed by atoms with Crippen molar-refractivity contribution in [2.24, 2.45) is 5.73 Å². The van der Waals surface area contributed by atoms with Gasteiger partial charge in [-0.25, -0.2) is 0 Å². The highest BCUT2D eigenvalue weighted by Crippen LogP contribution is 2.20. The molecule has 1 atom stereocenters. The third-order valence-electron chi connectivity index (χ3n) is 3.16. The van der Waals surface area contributed by atoms with Crippen molar-refractivity contribution >= 4 is 5.95 Å². The highest BCUT2D eigenvalue weighted by Gasteiger charge is 2.27. The van der Waals surface area contributed by atoms with E-state index in [-0.39, 0.29) is 18.1 Å². The third-order valence-corrected chi connectivity index (χ3v) is 3.16. The molecule has 1 aromatic rings. The van der Waals surface area contributed by atoms with E-state index in [0.29, 0.717) is 12.5 Å². The monoisotopic (exact) mass is 268 g/mol. The first-order valence-corrected chi connectivity index (χ1v) is 6.17. The van der Waals surface area contributed by atoms with Crippen molar-refractivity contribution in [1.82, 2.24) is 19.9 Å². The minimum atomic E-state index is 0.176. The summed E-state index contributed by atoms with van der Waals surface area (Å²) in [4.78, 5) is 16.9. The Kier molecular flexibility index (Phi) is 4.33. The molecule has 0 spiro atoms. The number of hydrogen-bond acceptors (Lipinski definition) is 8. The molecule has 106 valence electrons. The van der Waals surface area contributed by atoms with Crippen LogP contribution in [-0.4, -0.2) is 73.3 Å². The summed E-state index contributed by atoms with van der Waals surface area (Å²) < 4.78 is 10.1. The normalized spacial score (nSPS) is 20.4. The first kappa shape index (κ1) is 13.8. The van der Waals surface area contributed by atoms with Gasteiger partial charge in [-0.1, -0.05) is 0 Å². The molecule has 0 aliphatic carbocycles. The maximum absolute atomic E-state index is 5.83. The minimum absolute atomic E-state index is 0.176. The van der Waals surface area contributed by atoms with Gasteiger partial charge in [0.2, 0.25) is 5.95 Å². The fourth-order valence-corrected chi connectivity index (χ4v) is 2.11. The maximum atomic E-state index is 5.83. The van der Waals surface area contributed by atoms with E-state index in [1.807, 2.05) is 0 Å². The Hall–Kier alpha value is -1.67. The van der Waals surface area contributed by atoms with E-state index in [1.165, 1.54) is 14.2 Å². The molecule has 1 aliphatic rings. The average Bonchev–Trinajstić information content (AvgIpc) is 2.46. The molecule has 1 aliphatic heterocycles. The van der Waals surface area contributed by atoms with E-state index in [9.17, 15) is 0 Å². The SMILES string of the molecule is COc1nc(OC)nc(N2CCN(C)CC2CN)n1. The first-order valence-electron chi connectivity index (χ1n) is 6.17. The molecule has 0 aromatic carbocycles. The standard InChI is InChI=1S/C11H20N6O2/c1-16-4-5-17(8(6-12)7-16)9-13-10(18-2)15-11(14-9)19-3/h8H,4-7,12H2,1-3H3. The van der Waals surface area contributed by atoms with Gasteiger partial charge in [0.1, 0.15) is 0 Å². The molecule has 0 amide bonds. The van der Waals surface area contributed by atoms with Crippen LogP contribution in [0.3, 0.4) is 0 Å². The van der Waals surface area contributed by atoms with Gasteiger partial charge in [0.05, 0.1) is 20.3 Å². The first-order chi connectivity index (χ1) is 9.17. The smallest absolute Gasteiger partial charge is 0.324 e. The number of likely N-dealkylation sites (N-methyl/N-ethyl adjacent to an activating group) is 1. The zero-order valence-electron chi connectivity index (χ0n) is 11.5. The molecule has 1 fully saturated rings. The van der Waals surface area contributed by atoms with Crippen molar-refractivity contribution in [1.29, 1.82) is 0 Å². The molecule has 2 N–H and O–H groups in total. The predicted molar refractivity (Wildman–Crippen MR) is 70.6 cm³/mol. The molecule has 2 rings (SSSR count). The lowest BCUT2D eigenvalue weighted by Crippen LogP contribution is -2.55. The molecule has 1 aromatic heterocycles. The Morgan fingerprint density at radius 1 is 1.16 bits per heavy atom. The van der Waals surface area contributed by atoms with Gasteiger partial charge >= 0.3 is 12.0 Å². The van der Waals surface area contributed by atoms with E-state index in [0.717, 1.165) is 19.6 Å². The summed E-state index contributed by atoms with van der Waals surface area (Å²) in [7, 11) is 5.11. The lowest BCUT2D eigenvalue weighted by atomic mass is 10.2.